The Balaban J connectivity index is 1.50. The first-order valence-electron chi connectivity index (χ1n) is 9.67. The van der Waals surface area contributed by atoms with Crippen LogP contribution in [0.2, 0.25) is 0 Å². The number of carbonyl (C=O) groups excluding carboxylic acids is 1. The van der Waals surface area contributed by atoms with Crippen molar-refractivity contribution in [3.63, 3.8) is 0 Å². The summed E-state index contributed by atoms with van der Waals surface area (Å²) < 4.78 is 2.08. The first-order chi connectivity index (χ1) is 12.0. The third kappa shape index (κ3) is 3.22. The maximum absolute atomic E-state index is 12.1. The lowest BCUT2D eigenvalue weighted by molar-refractivity contribution is -0.129. The van der Waals surface area contributed by atoms with Crippen LogP contribution in [0, 0.1) is 0 Å². The molecule has 3 aliphatic rings. The summed E-state index contributed by atoms with van der Waals surface area (Å²) in [5.41, 5.74) is 3.00. The fourth-order valence-electron chi connectivity index (χ4n) is 4.71. The van der Waals surface area contributed by atoms with E-state index in [1.807, 2.05) is 11.9 Å². The van der Waals surface area contributed by atoms with E-state index in [0.717, 1.165) is 51.5 Å². The highest BCUT2D eigenvalue weighted by Crippen LogP contribution is 2.42. The maximum atomic E-state index is 12.1. The first kappa shape index (κ1) is 17.0. The predicted octanol–water partition coefficient (Wildman–Crippen LogP) is 1.43. The first-order valence-corrected chi connectivity index (χ1v) is 9.67. The molecule has 1 spiro atoms. The zero-order valence-electron chi connectivity index (χ0n) is 15.9. The molecule has 1 aromatic rings. The van der Waals surface area contributed by atoms with Gasteiger partial charge in [-0.15, -0.1) is 0 Å². The third-order valence-corrected chi connectivity index (χ3v) is 6.64. The lowest BCUT2D eigenvalue weighted by atomic mass is 9.86. The second-order valence-electron chi connectivity index (χ2n) is 8.37. The van der Waals surface area contributed by atoms with Crippen molar-refractivity contribution in [2.75, 3.05) is 40.3 Å². The van der Waals surface area contributed by atoms with Crippen molar-refractivity contribution in [1.82, 2.24) is 24.5 Å². The van der Waals surface area contributed by atoms with Gasteiger partial charge in [0.05, 0.1) is 6.20 Å². The van der Waals surface area contributed by atoms with E-state index in [9.17, 15) is 4.79 Å². The predicted molar refractivity (Wildman–Crippen MR) is 97.3 cm³/mol. The van der Waals surface area contributed by atoms with Gasteiger partial charge >= 0.3 is 0 Å². The molecule has 138 valence electrons. The number of hydrogen-bond donors (Lipinski definition) is 0. The number of hydrogen-bond acceptors (Lipinski definition) is 4. The molecule has 0 aromatic carbocycles. The molecule has 1 aliphatic carbocycles. The van der Waals surface area contributed by atoms with Gasteiger partial charge in [0.2, 0.25) is 5.91 Å². The van der Waals surface area contributed by atoms with E-state index in [2.05, 4.69) is 39.9 Å². The van der Waals surface area contributed by atoms with Crippen LogP contribution in [-0.4, -0.2) is 76.2 Å². The molecule has 2 saturated heterocycles. The van der Waals surface area contributed by atoms with E-state index < -0.39 is 0 Å². The minimum atomic E-state index is 0.140. The number of aryl methyl sites for hydroxylation is 1. The Kier molecular flexibility index (Phi) is 4.36. The highest BCUT2D eigenvalue weighted by atomic mass is 16.2. The van der Waals surface area contributed by atoms with Crippen molar-refractivity contribution in [3.05, 3.63) is 17.5 Å². The number of piperazine rings is 1. The van der Waals surface area contributed by atoms with Gasteiger partial charge in [-0.1, -0.05) is 0 Å². The Morgan fingerprint density at radius 2 is 1.96 bits per heavy atom. The lowest BCUT2D eigenvalue weighted by Gasteiger charge is -2.49. The lowest BCUT2D eigenvalue weighted by Crippen LogP contribution is -2.60. The summed E-state index contributed by atoms with van der Waals surface area (Å²) in [6.07, 6.45) is 7.43. The Bertz CT molecular complexity index is 652. The number of carbonyl (C=O) groups is 1. The van der Waals surface area contributed by atoms with Crippen molar-refractivity contribution in [2.45, 2.75) is 50.1 Å². The minimum absolute atomic E-state index is 0.140. The van der Waals surface area contributed by atoms with Gasteiger partial charge < -0.3 is 4.90 Å². The van der Waals surface area contributed by atoms with E-state index in [1.54, 1.807) is 0 Å². The molecule has 0 N–H and O–H groups in total. The maximum Gasteiger partial charge on any atom is 0.222 e. The van der Waals surface area contributed by atoms with Crippen LogP contribution in [-0.2, 0) is 18.4 Å². The van der Waals surface area contributed by atoms with Gasteiger partial charge in [-0.25, -0.2) is 0 Å². The molecule has 0 radical (unpaired) electrons. The zero-order chi connectivity index (χ0) is 17.6. The average Bonchev–Trinajstić information content (AvgIpc) is 3.38. The van der Waals surface area contributed by atoms with E-state index in [-0.39, 0.29) is 5.54 Å². The molecule has 1 saturated carbocycles. The Labute approximate surface area is 150 Å². The molecular formula is C19H31N5O. The molecule has 6 nitrogen and oxygen atoms in total. The second-order valence-corrected chi connectivity index (χ2v) is 8.37. The second kappa shape index (κ2) is 6.40. The van der Waals surface area contributed by atoms with Crippen molar-refractivity contribution < 1.29 is 4.79 Å². The number of likely N-dealkylation sites (tertiary alicyclic amines) is 1. The summed E-state index contributed by atoms with van der Waals surface area (Å²) in [4.78, 5) is 19.2. The van der Waals surface area contributed by atoms with Crippen molar-refractivity contribution >= 4 is 5.91 Å². The number of rotatable bonds is 3. The van der Waals surface area contributed by atoms with Crippen LogP contribution in [0.15, 0.2) is 6.20 Å². The normalized spacial score (nSPS) is 29.4. The quantitative estimate of drug-likeness (QED) is 0.831. The Hall–Kier alpha value is -1.40. The molecule has 0 unspecified atom stereocenters. The van der Waals surface area contributed by atoms with E-state index >= 15 is 0 Å². The van der Waals surface area contributed by atoms with Crippen LogP contribution in [0.25, 0.3) is 0 Å². The summed E-state index contributed by atoms with van der Waals surface area (Å²) in [6, 6.07) is 0. The molecule has 25 heavy (non-hydrogen) atoms. The molecule has 1 atom stereocenters. The fraction of sp³-hybridized carbons (Fsp3) is 0.789. The van der Waals surface area contributed by atoms with E-state index in [0.29, 0.717) is 12.3 Å². The third-order valence-electron chi connectivity index (χ3n) is 6.64. The van der Waals surface area contributed by atoms with Crippen LogP contribution in [0.5, 0.6) is 0 Å². The van der Waals surface area contributed by atoms with Gasteiger partial charge in [-0.05, 0) is 32.7 Å². The topological polar surface area (TPSA) is 44.6 Å². The Morgan fingerprint density at radius 1 is 1.16 bits per heavy atom. The largest absolute Gasteiger partial charge is 0.346 e. The zero-order valence-corrected chi connectivity index (χ0v) is 15.9. The van der Waals surface area contributed by atoms with E-state index in [4.69, 9.17) is 0 Å². The smallest absolute Gasteiger partial charge is 0.222 e. The number of aromatic nitrogens is 2. The SMILES string of the molecule is CN1CC[C@]2(CCC1=O)CN(Cc1cnn(C)c1C1CC1)CCN2C. The molecule has 3 fully saturated rings. The monoisotopic (exact) mass is 345 g/mol. The molecular weight excluding hydrogens is 314 g/mol. The standard InChI is InChI=1S/C19H31N5O/c1-21-9-8-19(7-6-17(21)25)14-24(11-10-22(19)2)13-16-12-20-23(3)18(16)15-4-5-15/h12,15H,4-11,13-14H2,1-3H3/t19-/m1/s1. The number of amides is 1. The van der Waals surface area contributed by atoms with Crippen LogP contribution in [0.4, 0.5) is 0 Å². The summed E-state index contributed by atoms with van der Waals surface area (Å²) in [6.45, 7) is 5.11. The minimum Gasteiger partial charge on any atom is -0.346 e. The van der Waals surface area contributed by atoms with Crippen LogP contribution in [0.3, 0.4) is 0 Å². The molecule has 0 bridgehead atoms. The number of nitrogens with zero attached hydrogens (tertiary/aromatic N) is 5. The van der Waals surface area contributed by atoms with Crippen molar-refractivity contribution in [2.24, 2.45) is 7.05 Å². The highest BCUT2D eigenvalue weighted by Gasteiger charge is 2.42. The van der Waals surface area contributed by atoms with Crippen molar-refractivity contribution in [1.29, 1.82) is 0 Å². The van der Waals surface area contributed by atoms with Gasteiger partial charge in [0.25, 0.3) is 0 Å². The van der Waals surface area contributed by atoms with E-state index in [1.165, 1.54) is 24.1 Å². The van der Waals surface area contributed by atoms with Gasteiger partial charge in [0.15, 0.2) is 0 Å². The molecule has 2 aliphatic heterocycles. The van der Waals surface area contributed by atoms with Crippen LogP contribution in [0.1, 0.15) is 49.3 Å². The number of likely N-dealkylation sites (N-methyl/N-ethyl adjacent to an activating group) is 1. The summed E-state index contributed by atoms with van der Waals surface area (Å²) in [7, 11) is 6.27. The average molecular weight is 345 g/mol. The molecule has 3 heterocycles. The van der Waals surface area contributed by atoms with Gasteiger partial charge in [0, 0.05) is 76.0 Å². The molecule has 4 rings (SSSR count). The summed E-state index contributed by atoms with van der Waals surface area (Å²) >= 11 is 0. The van der Waals surface area contributed by atoms with Crippen molar-refractivity contribution in [3.8, 4) is 0 Å². The molecule has 6 heteroatoms. The molecule has 1 amide bonds. The van der Waals surface area contributed by atoms with Crippen LogP contribution < -0.4 is 0 Å². The Morgan fingerprint density at radius 3 is 2.72 bits per heavy atom. The van der Waals surface area contributed by atoms with Gasteiger partial charge in [0.1, 0.15) is 0 Å². The fourth-order valence-corrected chi connectivity index (χ4v) is 4.71. The summed E-state index contributed by atoms with van der Waals surface area (Å²) in [5, 5.41) is 4.53. The van der Waals surface area contributed by atoms with Crippen LogP contribution >= 0.6 is 0 Å². The van der Waals surface area contributed by atoms with Gasteiger partial charge in [-0.3, -0.25) is 19.3 Å². The highest BCUT2D eigenvalue weighted by molar-refractivity contribution is 5.76. The molecule has 1 aromatic heterocycles. The van der Waals surface area contributed by atoms with Gasteiger partial charge in [-0.2, -0.15) is 5.10 Å². The summed E-state index contributed by atoms with van der Waals surface area (Å²) in [5.74, 6) is 1.03.